The number of hydrogen-bond donors (Lipinski definition) is 1. The van der Waals surface area contributed by atoms with Crippen LogP contribution in [0.4, 0.5) is 0 Å². The lowest BCUT2D eigenvalue weighted by atomic mass is 10.2. The molecule has 1 amide bonds. The molecular formula is C16H20N2O3. The van der Waals surface area contributed by atoms with Gasteiger partial charge in [0.15, 0.2) is 0 Å². The number of rotatable bonds is 5. The molecule has 0 aliphatic carbocycles. The lowest BCUT2D eigenvalue weighted by molar-refractivity contribution is -0.138. The molecule has 1 aromatic carbocycles. The van der Waals surface area contributed by atoms with Crippen LogP contribution in [0.3, 0.4) is 0 Å². The first-order valence-electron chi connectivity index (χ1n) is 7.11. The van der Waals surface area contributed by atoms with E-state index in [-0.39, 0.29) is 12.3 Å². The Morgan fingerprint density at radius 1 is 1.10 bits per heavy atom. The molecule has 1 aliphatic rings. The van der Waals surface area contributed by atoms with Gasteiger partial charge < -0.3 is 10.0 Å². The highest BCUT2D eigenvalue weighted by Gasteiger charge is 2.19. The van der Waals surface area contributed by atoms with E-state index in [1.807, 2.05) is 36.4 Å². The molecule has 1 heterocycles. The van der Waals surface area contributed by atoms with E-state index in [0.717, 1.165) is 18.7 Å². The summed E-state index contributed by atoms with van der Waals surface area (Å²) in [7, 11) is 0. The summed E-state index contributed by atoms with van der Waals surface area (Å²) in [5.41, 5.74) is 1.01. The van der Waals surface area contributed by atoms with Crippen molar-refractivity contribution in [1.29, 1.82) is 0 Å². The summed E-state index contributed by atoms with van der Waals surface area (Å²) in [6, 6.07) is 9.72. The summed E-state index contributed by atoms with van der Waals surface area (Å²) >= 11 is 0. The van der Waals surface area contributed by atoms with Crippen LogP contribution < -0.4 is 0 Å². The molecule has 1 N–H and O–H groups in total. The van der Waals surface area contributed by atoms with Crippen molar-refractivity contribution in [3.05, 3.63) is 42.0 Å². The largest absolute Gasteiger partial charge is 0.481 e. The number of hydrogen-bond acceptors (Lipinski definition) is 3. The Hall–Kier alpha value is -2.14. The summed E-state index contributed by atoms with van der Waals surface area (Å²) in [4.78, 5) is 26.5. The molecule has 0 aromatic heterocycles. The molecule has 0 radical (unpaired) electrons. The fourth-order valence-corrected chi connectivity index (χ4v) is 2.28. The zero-order chi connectivity index (χ0) is 15.1. The number of benzene rings is 1. The third kappa shape index (κ3) is 5.04. The normalized spacial score (nSPS) is 16.3. The number of piperazine rings is 1. The highest BCUT2D eigenvalue weighted by atomic mass is 16.4. The average Bonchev–Trinajstić information content (AvgIpc) is 2.52. The molecule has 0 spiro atoms. The third-order valence-electron chi connectivity index (χ3n) is 3.54. The molecule has 1 aromatic rings. The molecule has 1 aliphatic heterocycles. The van der Waals surface area contributed by atoms with E-state index in [0.29, 0.717) is 19.6 Å². The molecule has 0 saturated carbocycles. The minimum absolute atomic E-state index is 0.0109. The quantitative estimate of drug-likeness (QED) is 0.830. The first-order chi connectivity index (χ1) is 10.1. The Kier molecular flexibility index (Phi) is 5.51. The highest BCUT2D eigenvalue weighted by molar-refractivity contribution is 5.91. The Labute approximate surface area is 124 Å². The van der Waals surface area contributed by atoms with Gasteiger partial charge in [-0.25, -0.2) is 0 Å². The Morgan fingerprint density at radius 2 is 1.76 bits per heavy atom. The monoisotopic (exact) mass is 288 g/mol. The Bertz CT molecular complexity index is 506. The van der Waals surface area contributed by atoms with Gasteiger partial charge in [-0.05, 0) is 11.6 Å². The first-order valence-corrected chi connectivity index (χ1v) is 7.11. The van der Waals surface area contributed by atoms with Crippen molar-refractivity contribution in [2.75, 3.05) is 32.7 Å². The van der Waals surface area contributed by atoms with Gasteiger partial charge in [-0.2, -0.15) is 0 Å². The number of amides is 1. The van der Waals surface area contributed by atoms with Gasteiger partial charge in [-0.1, -0.05) is 30.3 Å². The van der Waals surface area contributed by atoms with E-state index in [2.05, 4.69) is 4.90 Å². The second-order valence-electron chi connectivity index (χ2n) is 5.05. The van der Waals surface area contributed by atoms with Gasteiger partial charge in [-0.3, -0.25) is 14.5 Å². The number of nitrogens with zero attached hydrogens (tertiary/aromatic N) is 2. The smallest absolute Gasteiger partial charge is 0.304 e. The highest BCUT2D eigenvalue weighted by Crippen LogP contribution is 2.06. The summed E-state index contributed by atoms with van der Waals surface area (Å²) in [5, 5.41) is 8.66. The topological polar surface area (TPSA) is 60.9 Å². The second kappa shape index (κ2) is 7.59. The molecule has 21 heavy (non-hydrogen) atoms. The van der Waals surface area contributed by atoms with Gasteiger partial charge in [0.2, 0.25) is 5.91 Å². The molecule has 5 heteroatoms. The van der Waals surface area contributed by atoms with Crippen molar-refractivity contribution in [3.8, 4) is 0 Å². The first kappa shape index (κ1) is 15.3. The van der Waals surface area contributed by atoms with Gasteiger partial charge in [0.1, 0.15) is 0 Å². The molecule has 0 atom stereocenters. The molecule has 0 unspecified atom stereocenters. The number of carbonyl (C=O) groups is 2. The maximum Gasteiger partial charge on any atom is 0.304 e. The van der Waals surface area contributed by atoms with Gasteiger partial charge in [0.25, 0.3) is 0 Å². The summed E-state index contributed by atoms with van der Waals surface area (Å²) < 4.78 is 0. The lowest BCUT2D eigenvalue weighted by Gasteiger charge is -2.33. The van der Waals surface area contributed by atoms with Crippen LogP contribution in [0.15, 0.2) is 36.4 Å². The van der Waals surface area contributed by atoms with Crippen LogP contribution in [-0.2, 0) is 9.59 Å². The molecule has 1 saturated heterocycles. The predicted octanol–water partition coefficient (Wildman–Crippen LogP) is 1.32. The molecule has 0 bridgehead atoms. The minimum Gasteiger partial charge on any atom is -0.481 e. The van der Waals surface area contributed by atoms with Crippen molar-refractivity contribution in [1.82, 2.24) is 9.80 Å². The van der Waals surface area contributed by atoms with Crippen molar-refractivity contribution in [3.63, 3.8) is 0 Å². The average molecular weight is 288 g/mol. The van der Waals surface area contributed by atoms with E-state index >= 15 is 0 Å². The summed E-state index contributed by atoms with van der Waals surface area (Å²) in [6.45, 7) is 3.32. The summed E-state index contributed by atoms with van der Waals surface area (Å²) in [6.07, 6.45) is 3.57. The Balaban J connectivity index is 1.78. The van der Waals surface area contributed by atoms with Crippen LogP contribution in [-0.4, -0.2) is 59.5 Å². The lowest BCUT2D eigenvalue weighted by Crippen LogP contribution is -2.48. The van der Waals surface area contributed by atoms with Gasteiger partial charge in [0, 0.05) is 38.8 Å². The zero-order valence-electron chi connectivity index (χ0n) is 11.9. The maximum absolute atomic E-state index is 12.1. The van der Waals surface area contributed by atoms with Crippen LogP contribution in [0.5, 0.6) is 0 Å². The van der Waals surface area contributed by atoms with E-state index in [1.54, 1.807) is 11.0 Å². The van der Waals surface area contributed by atoms with Crippen molar-refractivity contribution in [2.24, 2.45) is 0 Å². The van der Waals surface area contributed by atoms with Crippen molar-refractivity contribution >= 4 is 18.0 Å². The molecule has 5 nitrogen and oxygen atoms in total. The second-order valence-corrected chi connectivity index (χ2v) is 5.05. The summed E-state index contributed by atoms with van der Waals surface area (Å²) in [5.74, 6) is -0.768. The van der Waals surface area contributed by atoms with E-state index in [1.165, 1.54) is 0 Å². The molecule has 112 valence electrons. The standard InChI is InChI=1S/C16H20N2O3/c19-15(7-6-14-4-2-1-3-5-14)18-12-10-17(11-13-18)9-8-16(20)21/h1-7H,8-13H2,(H,20,21)/b7-6+. The van der Waals surface area contributed by atoms with Crippen molar-refractivity contribution < 1.29 is 14.7 Å². The number of carbonyl (C=O) groups excluding carboxylic acids is 1. The maximum atomic E-state index is 12.1. The molecule has 1 fully saturated rings. The van der Waals surface area contributed by atoms with E-state index in [4.69, 9.17) is 5.11 Å². The zero-order valence-corrected chi connectivity index (χ0v) is 11.9. The number of carboxylic acids is 1. The van der Waals surface area contributed by atoms with E-state index < -0.39 is 5.97 Å². The minimum atomic E-state index is -0.778. The number of aliphatic carboxylic acids is 1. The fourth-order valence-electron chi connectivity index (χ4n) is 2.28. The SMILES string of the molecule is O=C(O)CCN1CCN(C(=O)/C=C/c2ccccc2)CC1. The Morgan fingerprint density at radius 3 is 2.38 bits per heavy atom. The van der Waals surface area contributed by atoms with Crippen molar-refractivity contribution in [2.45, 2.75) is 6.42 Å². The van der Waals surface area contributed by atoms with E-state index in [9.17, 15) is 9.59 Å². The van der Waals surface area contributed by atoms with Gasteiger partial charge in [-0.15, -0.1) is 0 Å². The van der Waals surface area contributed by atoms with Crippen LogP contribution in [0.25, 0.3) is 6.08 Å². The van der Waals surface area contributed by atoms with Crippen LogP contribution in [0, 0.1) is 0 Å². The predicted molar refractivity (Wildman–Crippen MR) is 80.7 cm³/mol. The molecular weight excluding hydrogens is 268 g/mol. The van der Waals surface area contributed by atoms with Gasteiger partial charge in [0.05, 0.1) is 6.42 Å². The van der Waals surface area contributed by atoms with Crippen LogP contribution in [0.2, 0.25) is 0 Å². The molecule has 2 rings (SSSR count). The van der Waals surface area contributed by atoms with Crippen LogP contribution in [0.1, 0.15) is 12.0 Å². The number of carboxylic acid groups (broad SMARTS) is 1. The van der Waals surface area contributed by atoms with Gasteiger partial charge >= 0.3 is 5.97 Å². The third-order valence-corrected chi connectivity index (χ3v) is 3.54. The van der Waals surface area contributed by atoms with Crippen LogP contribution >= 0.6 is 0 Å². The fraction of sp³-hybridized carbons (Fsp3) is 0.375.